The first-order chi connectivity index (χ1) is 13.6. The van der Waals surface area contributed by atoms with Gasteiger partial charge < -0.3 is 14.5 Å². The molecule has 0 fully saturated rings. The average molecular weight is 422 g/mol. The number of carbonyl (C=O) groups excluding carboxylic acids is 1. The molecule has 150 valence electrons. The molecule has 0 spiro atoms. The normalized spacial score (nSPS) is 15.0. The van der Waals surface area contributed by atoms with Gasteiger partial charge in [0, 0.05) is 11.6 Å². The number of nitrogens with zero attached hydrogens (tertiary/aromatic N) is 2. The Bertz CT molecular complexity index is 807. The summed E-state index contributed by atoms with van der Waals surface area (Å²) in [5.41, 5.74) is 1.45. The molecule has 0 aliphatic heterocycles. The molecule has 1 aliphatic rings. The third-order valence-electron chi connectivity index (χ3n) is 4.40. The third-order valence-corrected chi connectivity index (χ3v) is 5.59. The molecule has 28 heavy (non-hydrogen) atoms. The van der Waals surface area contributed by atoms with Crippen molar-refractivity contribution in [3.63, 3.8) is 0 Å². The highest BCUT2D eigenvalue weighted by atomic mass is 35.5. The molecule has 1 aromatic carbocycles. The van der Waals surface area contributed by atoms with Gasteiger partial charge in [0.15, 0.2) is 6.61 Å². The number of rotatable bonds is 9. The Morgan fingerprint density at radius 2 is 2.14 bits per heavy atom. The fourth-order valence-corrected chi connectivity index (χ4v) is 3.70. The summed E-state index contributed by atoms with van der Waals surface area (Å²) >= 11 is 7.08. The number of hydrogen-bond donors (Lipinski definition) is 1. The van der Waals surface area contributed by atoms with E-state index in [4.69, 9.17) is 20.8 Å². The van der Waals surface area contributed by atoms with Crippen molar-refractivity contribution in [3.05, 3.63) is 46.8 Å². The average Bonchev–Trinajstić information content (AvgIpc) is 3.15. The maximum absolute atomic E-state index is 12.3. The molecular formula is C20H24ClN3O3S. The molecule has 6 nitrogen and oxygen atoms in total. The molecule has 1 atom stereocenters. The van der Waals surface area contributed by atoms with E-state index < -0.39 is 0 Å². The van der Waals surface area contributed by atoms with Crippen LogP contribution in [0.25, 0.3) is 0 Å². The topological polar surface area (TPSA) is 77.2 Å². The highest BCUT2D eigenvalue weighted by Gasteiger charge is 2.18. The summed E-state index contributed by atoms with van der Waals surface area (Å²) in [6, 6.07) is 7.03. The second kappa shape index (κ2) is 10.5. The fourth-order valence-electron chi connectivity index (χ4n) is 2.85. The Kier molecular flexibility index (Phi) is 7.80. The van der Waals surface area contributed by atoms with Gasteiger partial charge in [0.25, 0.3) is 11.1 Å². The molecule has 0 saturated heterocycles. The fraction of sp³-hybridized carbons (Fsp3) is 0.450. The maximum atomic E-state index is 12.3. The van der Waals surface area contributed by atoms with Crippen LogP contribution in [0.5, 0.6) is 5.75 Å². The van der Waals surface area contributed by atoms with Crippen molar-refractivity contribution < 1.29 is 13.9 Å². The van der Waals surface area contributed by atoms with Gasteiger partial charge in [-0.05, 0) is 63.3 Å². The number of nitrogens with one attached hydrogen (secondary N) is 1. The molecule has 1 N–H and O–H groups in total. The lowest BCUT2D eigenvalue weighted by molar-refractivity contribution is -0.120. The minimum atomic E-state index is -0.314. The van der Waals surface area contributed by atoms with Crippen LogP contribution < -0.4 is 10.1 Å². The van der Waals surface area contributed by atoms with E-state index in [1.807, 2.05) is 6.92 Å². The minimum Gasteiger partial charge on any atom is -0.484 e. The number of carbonyl (C=O) groups is 1. The zero-order valence-electron chi connectivity index (χ0n) is 15.8. The summed E-state index contributed by atoms with van der Waals surface area (Å²) in [5, 5.41) is 11.6. The molecule has 1 heterocycles. The van der Waals surface area contributed by atoms with E-state index in [0.717, 1.165) is 19.3 Å². The third kappa shape index (κ3) is 6.56. The summed E-state index contributed by atoms with van der Waals surface area (Å²) in [5.74, 6) is 0.991. The number of amides is 1. The highest BCUT2D eigenvalue weighted by molar-refractivity contribution is 8.00. The predicted molar refractivity (Wildman–Crippen MR) is 110 cm³/mol. The number of ether oxygens (including phenoxy) is 1. The van der Waals surface area contributed by atoms with E-state index >= 15 is 0 Å². The maximum Gasteiger partial charge on any atom is 0.277 e. The van der Waals surface area contributed by atoms with E-state index in [2.05, 4.69) is 21.6 Å². The van der Waals surface area contributed by atoms with Gasteiger partial charge in [-0.25, -0.2) is 0 Å². The molecule has 1 aromatic heterocycles. The number of halogens is 1. The molecule has 1 amide bonds. The number of benzene rings is 1. The second-order valence-corrected chi connectivity index (χ2v) is 8.34. The Balaban J connectivity index is 1.40. The monoisotopic (exact) mass is 421 g/mol. The Hall–Kier alpha value is -1.99. The summed E-state index contributed by atoms with van der Waals surface area (Å²) in [4.78, 5) is 12.3. The van der Waals surface area contributed by atoms with Crippen LogP contribution >= 0.6 is 23.4 Å². The largest absolute Gasteiger partial charge is 0.484 e. The molecule has 3 rings (SSSR count). The number of allylic oxidation sites excluding steroid dienone is 1. The van der Waals surface area contributed by atoms with E-state index in [1.165, 1.54) is 30.2 Å². The first-order valence-corrected chi connectivity index (χ1v) is 10.7. The van der Waals surface area contributed by atoms with Crippen LogP contribution in [0.15, 0.2) is 45.6 Å². The molecule has 1 aliphatic carbocycles. The first-order valence-electron chi connectivity index (χ1n) is 9.43. The summed E-state index contributed by atoms with van der Waals surface area (Å²) in [6.45, 7) is 2.65. The summed E-state index contributed by atoms with van der Waals surface area (Å²) in [6.07, 6.45) is 8.09. The predicted octanol–water partition coefficient (Wildman–Crippen LogP) is 4.79. The van der Waals surface area contributed by atoms with Crippen LogP contribution in [0.1, 0.15) is 44.9 Å². The minimum absolute atomic E-state index is 0.0291. The van der Waals surface area contributed by atoms with Crippen molar-refractivity contribution in [2.45, 2.75) is 56.1 Å². The van der Waals surface area contributed by atoms with Crippen molar-refractivity contribution in [2.75, 3.05) is 6.54 Å². The lowest BCUT2D eigenvalue weighted by atomic mass is 9.97. The van der Waals surface area contributed by atoms with Crippen molar-refractivity contribution in [2.24, 2.45) is 0 Å². The molecule has 0 saturated carbocycles. The first kappa shape index (κ1) is 20.7. The highest BCUT2D eigenvalue weighted by Crippen LogP contribution is 2.23. The van der Waals surface area contributed by atoms with Gasteiger partial charge in [-0.15, -0.1) is 10.2 Å². The van der Waals surface area contributed by atoms with Crippen LogP contribution in [0.4, 0.5) is 0 Å². The zero-order valence-corrected chi connectivity index (χ0v) is 17.4. The quantitative estimate of drug-likeness (QED) is 0.463. The van der Waals surface area contributed by atoms with Crippen molar-refractivity contribution in [1.82, 2.24) is 15.5 Å². The Labute approximate surface area is 174 Å². The van der Waals surface area contributed by atoms with Crippen LogP contribution in [0.2, 0.25) is 5.02 Å². The van der Waals surface area contributed by atoms with Crippen molar-refractivity contribution >= 4 is 29.3 Å². The van der Waals surface area contributed by atoms with Crippen molar-refractivity contribution in [3.8, 4) is 5.75 Å². The lowest BCUT2D eigenvalue weighted by Crippen LogP contribution is -2.31. The molecular weight excluding hydrogens is 398 g/mol. The van der Waals surface area contributed by atoms with Crippen LogP contribution in [0, 0.1) is 0 Å². The molecule has 0 bridgehead atoms. The second-order valence-electron chi connectivity index (χ2n) is 6.61. The number of hydrogen-bond acceptors (Lipinski definition) is 6. The smallest absolute Gasteiger partial charge is 0.277 e. The Morgan fingerprint density at radius 1 is 1.32 bits per heavy atom. The van der Waals surface area contributed by atoms with Crippen LogP contribution in [-0.2, 0) is 11.4 Å². The molecule has 0 radical (unpaired) electrons. The van der Waals surface area contributed by atoms with Crippen molar-refractivity contribution in [1.29, 1.82) is 0 Å². The van der Waals surface area contributed by atoms with Gasteiger partial charge in [-0.1, -0.05) is 35.0 Å². The van der Waals surface area contributed by atoms with Crippen LogP contribution in [-0.4, -0.2) is 27.9 Å². The molecule has 8 heteroatoms. The van der Waals surface area contributed by atoms with Gasteiger partial charge in [0.2, 0.25) is 5.91 Å². The lowest BCUT2D eigenvalue weighted by Gasteiger charge is -2.14. The summed E-state index contributed by atoms with van der Waals surface area (Å²) in [7, 11) is 0. The van der Waals surface area contributed by atoms with Gasteiger partial charge >= 0.3 is 0 Å². The van der Waals surface area contributed by atoms with Gasteiger partial charge in [-0.3, -0.25) is 4.79 Å². The summed E-state index contributed by atoms with van der Waals surface area (Å²) < 4.78 is 11.1. The number of aromatic nitrogens is 2. The standard InChI is InChI=1S/C20H24ClN3O3S/c1-14(19(25)22-12-11-15-5-3-2-4-6-15)28-20-24-23-18(27-20)13-26-17-9-7-16(21)8-10-17/h5,7-10,14H,2-4,6,11-13H2,1H3,(H,22,25). The molecule has 2 aromatic rings. The van der Waals surface area contributed by atoms with Gasteiger partial charge in [0.1, 0.15) is 5.75 Å². The van der Waals surface area contributed by atoms with E-state index in [-0.39, 0.29) is 17.8 Å². The van der Waals surface area contributed by atoms with Gasteiger partial charge in [-0.2, -0.15) is 0 Å². The van der Waals surface area contributed by atoms with Gasteiger partial charge in [0.05, 0.1) is 5.25 Å². The number of thioether (sulfide) groups is 1. The molecule has 1 unspecified atom stereocenters. The van der Waals surface area contributed by atoms with E-state index in [1.54, 1.807) is 24.3 Å². The van der Waals surface area contributed by atoms with E-state index in [0.29, 0.717) is 28.4 Å². The zero-order chi connectivity index (χ0) is 19.8. The van der Waals surface area contributed by atoms with Crippen LogP contribution in [0.3, 0.4) is 0 Å². The van der Waals surface area contributed by atoms with E-state index in [9.17, 15) is 4.79 Å². The SMILES string of the molecule is CC(Sc1nnc(COc2ccc(Cl)cc2)o1)C(=O)NCCC1=CCCCC1. The Morgan fingerprint density at radius 3 is 2.89 bits per heavy atom.